The molecule has 2 rings (SSSR count). The lowest BCUT2D eigenvalue weighted by molar-refractivity contribution is 0.306. The summed E-state index contributed by atoms with van der Waals surface area (Å²) in [5, 5.41) is 0. The van der Waals surface area contributed by atoms with Crippen molar-refractivity contribution in [3.63, 3.8) is 0 Å². The van der Waals surface area contributed by atoms with Crippen LogP contribution in [0, 0.1) is 6.92 Å². The highest BCUT2D eigenvalue weighted by Gasteiger charge is 1.98. The third-order valence-electron chi connectivity index (χ3n) is 2.48. The Hall–Kier alpha value is -1.96. The minimum atomic E-state index is 0.575. The minimum Gasteiger partial charge on any atom is -0.489 e. The summed E-state index contributed by atoms with van der Waals surface area (Å²) in [6.45, 7) is 2.58. The molecule has 0 fully saturated rings. The lowest BCUT2D eigenvalue weighted by atomic mass is 10.1. The Balaban J connectivity index is 2.03. The first-order valence-corrected chi connectivity index (χ1v) is 5.28. The number of ether oxygens (including phenoxy) is 1. The summed E-state index contributed by atoms with van der Waals surface area (Å²) in [4.78, 5) is 0. The molecule has 2 aromatic carbocycles. The molecule has 0 saturated carbocycles. The summed E-state index contributed by atoms with van der Waals surface area (Å²) < 4.78 is 5.65. The molecule has 0 saturated heterocycles. The van der Waals surface area contributed by atoms with Gasteiger partial charge in [0.2, 0.25) is 0 Å². The Morgan fingerprint density at radius 3 is 2.50 bits per heavy atom. The lowest BCUT2D eigenvalue weighted by Crippen LogP contribution is -1.97. The van der Waals surface area contributed by atoms with E-state index < -0.39 is 0 Å². The third-order valence-corrected chi connectivity index (χ3v) is 2.48. The van der Waals surface area contributed by atoms with E-state index in [0.717, 1.165) is 22.6 Å². The summed E-state index contributed by atoms with van der Waals surface area (Å²) >= 11 is 0. The Morgan fingerprint density at radius 2 is 1.81 bits per heavy atom. The molecule has 16 heavy (non-hydrogen) atoms. The van der Waals surface area contributed by atoms with Crippen LogP contribution < -0.4 is 10.5 Å². The van der Waals surface area contributed by atoms with Crippen molar-refractivity contribution >= 4 is 5.69 Å². The zero-order chi connectivity index (χ0) is 11.4. The van der Waals surface area contributed by atoms with Crippen LogP contribution in [0.3, 0.4) is 0 Å². The second-order valence-corrected chi connectivity index (χ2v) is 3.79. The van der Waals surface area contributed by atoms with Crippen LogP contribution in [0.5, 0.6) is 5.75 Å². The van der Waals surface area contributed by atoms with Crippen molar-refractivity contribution in [3.8, 4) is 5.75 Å². The largest absolute Gasteiger partial charge is 0.489 e. The predicted molar refractivity (Wildman–Crippen MR) is 66.4 cm³/mol. The van der Waals surface area contributed by atoms with Gasteiger partial charge in [0.15, 0.2) is 0 Å². The van der Waals surface area contributed by atoms with Crippen molar-refractivity contribution in [2.75, 3.05) is 5.73 Å². The molecular weight excluding hydrogens is 198 g/mol. The lowest BCUT2D eigenvalue weighted by Gasteiger charge is -2.07. The molecule has 0 aliphatic rings. The van der Waals surface area contributed by atoms with E-state index in [-0.39, 0.29) is 0 Å². The van der Waals surface area contributed by atoms with E-state index >= 15 is 0 Å². The molecule has 0 spiro atoms. The fourth-order valence-corrected chi connectivity index (χ4v) is 1.51. The molecule has 2 nitrogen and oxygen atoms in total. The molecule has 0 heterocycles. The van der Waals surface area contributed by atoms with E-state index in [2.05, 4.69) is 6.07 Å². The molecule has 0 aliphatic carbocycles. The van der Waals surface area contributed by atoms with Crippen LogP contribution in [0.15, 0.2) is 48.5 Å². The minimum absolute atomic E-state index is 0.575. The monoisotopic (exact) mass is 213 g/mol. The predicted octanol–water partition coefficient (Wildman–Crippen LogP) is 3.16. The molecule has 0 aliphatic heterocycles. The summed E-state index contributed by atoms with van der Waals surface area (Å²) in [5.41, 5.74) is 8.80. The van der Waals surface area contributed by atoms with Crippen molar-refractivity contribution < 1.29 is 4.74 Å². The summed E-state index contributed by atoms with van der Waals surface area (Å²) in [7, 11) is 0. The highest BCUT2D eigenvalue weighted by atomic mass is 16.5. The summed E-state index contributed by atoms with van der Waals surface area (Å²) in [5.74, 6) is 0.886. The maximum Gasteiger partial charge on any atom is 0.119 e. The first kappa shape index (κ1) is 10.6. The SMILES string of the molecule is Cc1cc(COc2ccccc2)ccc1N. The zero-order valence-electron chi connectivity index (χ0n) is 9.31. The Morgan fingerprint density at radius 1 is 1.06 bits per heavy atom. The maximum atomic E-state index is 5.76. The van der Waals surface area contributed by atoms with Gasteiger partial charge in [-0.2, -0.15) is 0 Å². The van der Waals surface area contributed by atoms with Crippen molar-refractivity contribution in [3.05, 3.63) is 59.7 Å². The van der Waals surface area contributed by atoms with Crippen molar-refractivity contribution in [1.29, 1.82) is 0 Å². The molecule has 0 atom stereocenters. The second-order valence-electron chi connectivity index (χ2n) is 3.79. The van der Waals surface area contributed by atoms with Crippen LogP contribution in [0.4, 0.5) is 5.69 Å². The summed E-state index contributed by atoms with van der Waals surface area (Å²) in [6, 6.07) is 15.8. The summed E-state index contributed by atoms with van der Waals surface area (Å²) in [6.07, 6.45) is 0. The number of anilines is 1. The molecule has 82 valence electrons. The molecule has 0 radical (unpaired) electrons. The molecule has 0 amide bonds. The number of hydrogen-bond donors (Lipinski definition) is 1. The maximum absolute atomic E-state index is 5.76. The van der Waals surface area contributed by atoms with E-state index in [1.165, 1.54) is 0 Å². The molecule has 2 aromatic rings. The first-order chi connectivity index (χ1) is 7.75. The second kappa shape index (κ2) is 4.71. The number of para-hydroxylation sites is 1. The normalized spacial score (nSPS) is 10.1. The fourth-order valence-electron chi connectivity index (χ4n) is 1.51. The van der Waals surface area contributed by atoms with E-state index in [1.807, 2.05) is 49.4 Å². The standard InChI is InChI=1S/C14H15NO/c1-11-9-12(7-8-14(11)15)10-16-13-5-3-2-4-6-13/h2-9H,10,15H2,1H3. The Bertz CT molecular complexity index is 465. The topological polar surface area (TPSA) is 35.2 Å². The van der Waals surface area contributed by atoms with Gasteiger partial charge < -0.3 is 10.5 Å². The van der Waals surface area contributed by atoms with Gasteiger partial charge in [0.1, 0.15) is 12.4 Å². The van der Waals surface area contributed by atoms with Gasteiger partial charge in [-0.05, 0) is 36.2 Å². The molecular formula is C14H15NO. The van der Waals surface area contributed by atoms with Crippen LogP contribution in [0.2, 0.25) is 0 Å². The van der Waals surface area contributed by atoms with E-state index in [9.17, 15) is 0 Å². The van der Waals surface area contributed by atoms with Gasteiger partial charge >= 0.3 is 0 Å². The number of nitrogen functional groups attached to an aromatic ring is 1. The van der Waals surface area contributed by atoms with E-state index in [1.54, 1.807) is 0 Å². The zero-order valence-corrected chi connectivity index (χ0v) is 9.31. The number of rotatable bonds is 3. The average Bonchev–Trinajstić information content (AvgIpc) is 2.32. The molecule has 0 unspecified atom stereocenters. The van der Waals surface area contributed by atoms with Crippen LogP contribution in [0.25, 0.3) is 0 Å². The third kappa shape index (κ3) is 2.54. The van der Waals surface area contributed by atoms with Gasteiger partial charge in [-0.25, -0.2) is 0 Å². The molecule has 2 heteroatoms. The van der Waals surface area contributed by atoms with Crippen LogP contribution in [-0.4, -0.2) is 0 Å². The highest BCUT2D eigenvalue weighted by molar-refractivity contribution is 5.47. The van der Waals surface area contributed by atoms with Crippen LogP contribution >= 0.6 is 0 Å². The van der Waals surface area contributed by atoms with Crippen LogP contribution in [-0.2, 0) is 6.61 Å². The van der Waals surface area contributed by atoms with Gasteiger partial charge in [-0.3, -0.25) is 0 Å². The van der Waals surface area contributed by atoms with Crippen molar-refractivity contribution in [2.24, 2.45) is 0 Å². The van der Waals surface area contributed by atoms with Gasteiger partial charge in [0.25, 0.3) is 0 Å². The first-order valence-electron chi connectivity index (χ1n) is 5.28. The smallest absolute Gasteiger partial charge is 0.119 e. The van der Waals surface area contributed by atoms with E-state index in [0.29, 0.717) is 6.61 Å². The van der Waals surface area contributed by atoms with E-state index in [4.69, 9.17) is 10.5 Å². The Kier molecular flexibility index (Phi) is 3.10. The molecule has 0 bridgehead atoms. The number of aryl methyl sites for hydroxylation is 1. The molecule has 2 N–H and O–H groups in total. The van der Waals surface area contributed by atoms with Crippen LogP contribution in [0.1, 0.15) is 11.1 Å². The van der Waals surface area contributed by atoms with Crippen molar-refractivity contribution in [2.45, 2.75) is 13.5 Å². The fraction of sp³-hybridized carbons (Fsp3) is 0.143. The van der Waals surface area contributed by atoms with Crippen molar-refractivity contribution in [1.82, 2.24) is 0 Å². The van der Waals surface area contributed by atoms with Gasteiger partial charge in [-0.1, -0.05) is 30.3 Å². The van der Waals surface area contributed by atoms with Gasteiger partial charge in [-0.15, -0.1) is 0 Å². The molecule has 0 aromatic heterocycles. The quantitative estimate of drug-likeness (QED) is 0.795. The number of nitrogens with two attached hydrogens (primary N) is 1. The number of benzene rings is 2. The van der Waals surface area contributed by atoms with Gasteiger partial charge in [0, 0.05) is 5.69 Å². The number of hydrogen-bond acceptors (Lipinski definition) is 2. The van der Waals surface area contributed by atoms with Gasteiger partial charge in [0.05, 0.1) is 0 Å². The average molecular weight is 213 g/mol. The highest BCUT2D eigenvalue weighted by Crippen LogP contribution is 2.15. The Labute approximate surface area is 95.7 Å².